The van der Waals surface area contributed by atoms with Gasteiger partial charge in [0.15, 0.2) is 6.10 Å². The van der Waals surface area contributed by atoms with Crippen LogP contribution < -0.4 is 0 Å². The highest BCUT2D eigenvalue weighted by Gasteiger charge is 2.22. The fourth-order valence-electron chi connectivity index (χ4n) is 4.36. The van der Waals surface area contributed by atoms with Gasteiger partial charge in [-0.1, -0.05) is 120 Å². The molecule has 0 bridgehead atoms. The predicted octanol–water partition coefficient (Wildman–Crippen LogP) is 9.14. The van der Waals surface area contributed by atoms with Gasteiger partial charge in [-0.2, -0.15) is 0 Å². The summed E-state index contributed by atoms with van der Waals surface area (Å²) in [6.07, 6.45) is 35.7. The number of rotatable bonds is 31. The first-order chi connectivity index (χ1) is 22.7. The summed E-state index contributed by atoms with van der Waals surface area (Å²) in [5.74, 6) is -0.992. The molecule has 2 atom stereocenters. The van der Waals surface area contributed by atoms with Crippen LogP contribution in [0.15, 0.2) is 60.8 Å². The summed E-state index contributed by atoms with van der Waals surface area (Å²) in [7, 11) is -4.77. The molecule has 0 fully saturated rings. The number of carbonyl (C=O) groups is 2. The maximum atomic E-state index is 12.3. The molecule has 0 spiro atoms. The van der Waals surface area contributed by atoms with Crippen LogP contribution >= 0.6 is 7.82 Å². The number of carbonyl (C=O) groups excluding carboxylic acids is 2. The Morgan fingerprint density at radius 3 is 1.83 bits per heavy atom. The van der Waals surface area contributed by atoms with Crippen LogP contribution in [0.2, 0.25) is 0 Å². The summed E-state index contributed by atoms with van der Waals surface area (Å²) < 4.78 is 26.1. The standard InChI is InChI=1S/C37H63O9P/c1-3-5-7-8-9-10-13-18-21-24-27-31-37(40)46-35(33-45-47(41,42)43)32-44-36(39)30-26-23-20-17-15-12-11-14-16-19-22-25-29-34(38)28-6-4-2/h8-9,11-12,16-17,19-20,25,29,34-35,38H,3-7,10,13-15,18,21-24,26-28,30-33H2,1-2H3,(H2,41,42,43)/b9-8-,12-11-,19-16-,20-17-,29-25-/t34-,35+/m0/s1. The fraction of sp³-hybridized carbons (Fsp3) is 0.676. The maximum absolute atomic E-state index is 12.3. The molecule has 0 radical (unpaired) electrons. The van der Waals surface area contributed by atoms with Crippen LogP contribution in [-0.4, -0.2) is 52.3 Å². The number of ether oxygens (including phenoxy) is 2. The minimum atomic E-state index is -4.77. The van der Waals surface area contributed by atoms with E-state index in [1.807, 2.05) is 24.3 Å². The number of hydrogen-bond donors (Lipinski definition) is 3. The third kappa shape index (κ3) is 34.9. The molecule has 0 amide bonds. The maximum Gasteiger partial charge on any atom is 0.469 e. The van der Waals surface area contributed by atoms with Crippen LogP contribution in [0.1, 0.15) is 136 Å². The number of hydrogen-bond acceptors (Lipinski definition) is 7. The summed E-state index contributed by atoms with van der Waals surface area (Å²) in [5, 5.41) is 9.77. The van der Waals surface area contributed by atoms with E-state index in [0.29, 0.717) is 19.3 Å². The summed E-state index contributed by atoms with van der Waals surface area (Å²) in [6.45, 7) is 3.40. The molecule has 10 heteroatoms. The quantitative estimate of drug-likeness (QED) is 0.0283. The Hall–Kier alpha value is -2.29. The van der Waals surface area contributed by atoms with Gasteiger partial charge in [-0.15, -0.1) is 0 Å². The van der Waals surface area contributed by atoms with Crippen molar-refractivity contribution in [3.8, 4) is 0 Å². The average Bonchev–Trinajstić information content (AvgIpc) is 3.03. The van der Waals surface area contributed by atoms with Gasteiger partial charge in [0.1, 0.15) is 6.61 Å². The zero-order valence-corrected chi connectivity index (χ0v) is 29.9. The van der Waals surface area contributed by atoms with E-state index in [0.717, 1.165) is 77.0 Å². The van der Waals surface area contributed by atoms with E-state index in [1.165, 1.54) is 12.8 Å². The van der Waals surface area contributed by atoms with Gasteiger partial charge in [0.25, 0.3) is 0 Å². The van der Waals surface area contributed by atoms with Crippen molar-refractivity contribution in [2.45, 2.75) is 148 Å². The van der Waals surface area contributed by atoms with Gasteiger partial charge in [0.05, 0.1) is 12.7 Å². The number of phosphoric acid groups is 1. The molecule has 0 saturated heterocycles. The number of unbranched alkanes of at least 4 members (excludes halogenated alkanes) is 9. The van der Waals surface area contributed by atoms with E-state index in [1.54, 1.807) is 0 Å². The van der Waals surface area contributed by atoms with Crippen LogP contribution in [0.3, 0.4) is 0 Å². The second-order valence-corrected chi connectivity index (χ2v) is 12.9. The van der Waals surface area contributed by atoms with Gasteiger partial charge in [-0.3, -0.25) is 14.1 Å². The fourth-order valence-corrected chi connectivity index (χ4v) is 4.72. The highest BCUT2D eigenvalue weighted by molar-refractivity contribution is 7.46. The largest absolute Gasteiger partial charge is 0.469 e. The third-order valence-electron chi connectivity index (χ3n) is 7.08. The van der Waals surface area contributed by atoms with E-state index in [2.05, 4.69) is 54.8 Å². The molecule has 47 heavy (non-hydrogen) atoms. The van der Waals surface area contributed by atoms with Gasteiger partial charge >= 0.3 is 19.8 Å². The van der Waals surface area contributed by atoms with Crippen LogP contribution in [0.25, 0.3) is 0 Å². The SMILES string of the molecule is CCCC/C=C\CCCCCCCC(=O)O[C@H](COC(=O)CCC/C=C\C/C=C\C/C=C\C/C=C\[C@@H](O)CCCC)COP(=O)(O)O. The molecule has 0 saturated carbocycles. The Bertz CT molecular complexity index is 965. The lowest BCUT2D eigenvalue weighted by Crippen LogP contribution is -2.29. The van der Waals surface area contributed by atoms with E-state index < -0.39 is 32.5 Å². The van der Waals surface area contributed by atoms with E-state index in [9.17, 15) is 19.3 Å². The summed E-state index contributed by atoms with van der Waals surface area (Å²) in [5.41, 5.74) is 0. The van der Waals surface area contributed by atoms with Crippen molar-refractivity contribution in [3.05, 3.63) is 60.8 Å². The van der Waals surface area contributed by atoms with Crippen LogP contribution in [-0.2, 0) is 28.2 Å². The second kappa shape index (κ2) is 32.3. The first kappa shape index (κ1) is 44.7. The molecular weight excluding hydrogens is 619 g/mol. The van der Waals surface area contributed by atoms with Gasteiger partial charge in [0, 0.05) is 12.8 Å². The Labute approximate surface area is 284 Å². The minimum absolute atomic E-state index is 0.170. The first-order valence-corrected chi connectivity index (χ1v) is 19.2. The van der Waals surface area contributed by atoms with Crippen molar-refractivity contribution >= 4 is 19.8 Å². The van der Waals surface area contributed by atoms with Crippen LogP contribution in [0.4, 0.5) is 0 Å². The molecular formula is C37H63O9P. The number of aliphatic hydroxyl groups is 1. The molecule has 270 valence electrons. The summed E-state index contributed by atoms with van der Waals surface area (Å²) >= 11 is 0. The zero-order valence-electron chi connectivity index (χ0n) is 29.0. The van der Waals surface area contributed by atoms with Crippen LogP contribution in [0, 0.1) is 0 Å². The first-order valence-electron chi connectivity index (χ1n) is 17.7. The monoisotopic (exact) mass is 682 g/mol. The summed E-state index contributed by atoms with van der Waals surface area (Å²) in [4.78, 5) is 42.5. The molecule has 9 nitrogen and oxygen atoms in total. The Balaban J connectivity index is 4.15. The van der Waals surface area contributed by atoms with Gasteiger partial charge in [0.2, 0.25) is 0 Å². The number of aliphatic hydroxyl groups excluding tert-OH is 1. The lowest BCUT2D eigenvalue weighted by molar-refractivity contribution is -0.161. The molecule has 3 N–H and O–H groups in total. The predicted molar refractivity (Wildman–Crippen MR) is 190 cm³/mol. The molecule has 0 heterocycles. The highest BCUT2D eigenvalue weighted by atomic mass is 31.2. The van der Waals surface area contributed by atoms with Gasteiger partial charge in [-0.25, -0.2) is 4.57 Å². The summed E-state index contributed by atoms with van der Waals surface area (Å²) in [6, 6.07) is 0. The van der Waals surface area contributed by atoms with Crippen LogP contribution in [0.5, 0.6) is 0 Å². The zero-order chi connectivity index (χ0) is 34.9. The number of phosphoric ester groups is 1. The molecule has 0 aliphatic carbocycles. The van der Waals surface area contributed by atoms with Crippen molar-refractivity contribution in [2.24, 2.45) is 0 Å². The molecule has 0 aromatic carbocycles. The molecule has 0 aromatic heterocycles. The Morgan fingerprint density at radius 1 is 0.638 bits per heavy atom. The lowest BCUT2D eigenvalue weighted by Gasteiger charge is -2.18. The van der Waals surface area contributed by atoms with Crippen molar-refractivity contribution < 1.29 is 43.0 Å². The second-order valence-electron chi connectivity index (χ2n) is 11.7. The van der Waals surface area contributed by atoms with Crippen molar-refractivity contribution in [3.63, 3.8) is 0 Å². The van der Waals surface area contributed by atoms with Gasteiger partial charge in [-0.05, 0) is 64.2 Å². The van der Waals surface area contributed by atoms with E-state index in [-0.39, 0.29) is 25.6 Å². The minimum Gasteiger partial charge on any atom is -0.462 e. The smallest absolute Gasteiger partial charge is 0.462 e. The molecule has 0 aromatic rings. The van der Waals surface area contributed by atoms with E-state index in [4.69, 9.17) is 19.3 Å². The van der Waals surface area contributed by atoms with Crippen molar-refractivity contribution in [2.75, 3.05) is 13.2 Å². The molecule has 0 aliphatic heterocycles. The molecule has 0 unspecified atom stereocenters. The van der Waals surface area contributed by atoms with Crippen molar-refractivity contribution in [1.29, 1.82) is 0 Å². The Kier molecular flexibility index (Phi) is 30.7. The van der Waals surface area contributed by atoms with Crippen molar-refractivity contribution in [1.82, 2.24) is 0 Å². The Morgan fingerprint density at radius 2 is 1.17 bits per heavy atom. The normalized spacial score (nSPS) is 13.9. The lowest BCUT2D eigenvalue weighted by atomic mass is 10.1. The third-order valence-corrected chi connectivity index (χ3v) is 7.56. The number of allylic oxidation sites excluding steroid dienone is 9. The molecule has 0 aliphatic rings. The topological polar surface area (TPSA) is 140 Å². The van der Waals surface area contributed by atoms with E-state index >= 15 is 0 Å². The highest BCUT2D eigenvalue weighted by Crippen LogP contribution is 2.35. The number of esters is 2. The van der Waals surface area contributed by atoms with Gasteiger partial charge < -0.3 is 24.4 Å². The molecule has 0 rings (SSSR count). The average molecular weight is 683 g/mol.